The van der Waals surface area contributed by atoms with Crippen LogP contribution in [0, 0.1) is 28.1 Å². The Kier molecular flexibility index (Phi) is 6.35. The predicted octanol–water partition coefficient (Wildman–Crippen LogP) is 6.19. The van der Waals surface area contributed by atoms with Crippen LogP contribution in [0.1, 0.15) is 87.0 Å². The Morgan fingerprint density at radius 1 is 1.36 bits per heavy atom. The lowest BCUT2D eigenvalue weighted by atomic mass is 9.56. The summed E-state index contributed by atoms with van der Waals surface area (Å²) in [6.45, 7) is 22.0. The van der Waals surface area contributed by atoms with Crippen molar-refractivity contribution < 1.29 is 0 Å². The molecule has 0 aromatic heterocycles. The van der Waals surface area contributed by atoms with E-state index >= 15 is 0 Å². The molecule has 22 heavy (non-hydrogen) atoms. The van der Waals surface area contributed by atoms with E-state index in [4.69, 9.17) is 5.73 Å². The Hall–Kier alpha value is -0.300. The van der Waals surface area contributed by atoms with Crippen molar-refractivity contribution in [3.63, 3.8) is 0 Å². The molecule has 1 fully saturated rings. The topological polar surface area (TPSA) is 26.0 Å². The van der Waals surface area contributed by atoms with E-state index in [0.717, 1.165) is 5.92 Å². The molecule has 1 heteroatoms. The van der Waals surface area contributed by atoms with Crippen LogP contribution in [0.5, 0.6) is 0 Å². The van der Waals surface area contributed by atoms with E-state index in [0.29, 0.717) is 23.3 Å². The number of hydrogen-bond donors (Lipinski definition) is 1. The predicted molar refractivity (Wildman–Crippen MR) is 99.9 cm³/mol. The molecular formula is C21H41N. The zero-order chi connectivity index (χ0) is 17.2. The fourth-order valence-electron chi connectivity index (χ4n) is 5.15. The molecule has 0 aromatic rings. The fourth-order valence-corrected chi connectivity index (χ4v) is 5.15. The Morgan fingerprint density at radius 3 is 2.41 bits per heavy atom. The van der Waals surface area contributed by atoms with Gasteiger partial charge in [-0.25, -0.2) is 0 Å². The van der Waals surface area contributed by atoms with Gasteiger partial charge >= 0.3 is 0 Å². The highest BCUT2D eigenvalue weighted by molar-refractivity contribution is 5.13. The second-order valence-corrected chi connectivity index (χ2v) is 8.85. The maximum atomic E-state index is 5.97. The standard InChI is InChI=1S/C21H41N/c1-9-12-20(7,18(5)15-22)17(4)14-21(8)16(3)11-13-19(21,6)10-2/h16-17H,5,9-15,22H2,1-4,6-8H3. The summed E-state index contributed by atoms with van der Waals surface area (Å²) in [5.41, 5.74) is 8.32. The van der Waals surface area contributed by atoms with Gasteiger partial charge in [-0.3, -0.25) is 0 Å². The lowest BCUT2D eigenvalue weighted by molar-refractivity contribution is 0.0196. The minimum Gasteiger partial charge on any atom is -0.327 e. The van der Waals surface area contributed by atoms with E-state index in [1.165, 1.54) is 44.1 Å². The summed E-state index contributed by atoms with van der Waals surface area (Å²) in [6.07, 6.45) is 7.78. The smallest absolute Gasteiger partial charge is 0.0139 e. The molecule has 0 radical (unpaired) electrons. The van der Waals surface area contributed by atoms with Crippen LogP contribution >= 0.6 is 0 Å². The number of hydrogen-bond acceptors (Lipinski definition) is 1. The number of rotatable bonds is 8. The van der Waals surface area contributed by atoms with E-state index in [2.05, 4.69) is 55.0 Å². The molecular weight excluding hydrogens is 266 g/mol. The average Bonchev–Trinajstić information content (AvgIpc) is 2.71. The molecule has 5 atom stereocenters. The molecule has 0 bridgehead atoms. The summed E-state index contributed by atoms with van der Waals surface area (Å²) in [5.74, 6) is 1.46. The van der Waals surface area contributed by atoms with Gasteiger partial charge in [-0.2, -0.15) is 0 Å². The molecule has 1 saturated carbocycles. The molecule has 0 aromatic carbocycles. The minimum atomic E-state index is 0.184. The van der Waals surface area contributed by atoms with Crippen LogP contribution in [0.15, 0.2) is 12.2 Å². The Morgan fingerprint density at radius 2 is 1.95 bits per heavy atom. The van der Waals surface area contributed by atoms with E-state index in [1.54, 1.807) is 0 Å². The van der Waals surface area contributed by atoms with Crippen molar-refractivity contribution in [3.05, 3.63) is 12.2 Å². The van der Waals surface area contributed by atoms with Gasteiger partial charge in [0.25, 0.3) is 0 Å². The molecule has 0 heterocycles. The van der Waals surface area contributed by atoms with Crippen molar-refractivity contribution in [1.29, 1.82) is 0 Å². The van der Waals surface area contributed by atoms with E-state index < -0.39 is 0 Å². The van der Waals surface area contributed by atoms with Gasteiger partial charge in [-0.1, -0.05) is 73.5 Å². The van der Waals surface area contributed by atoms with Crippen LogP contribution in [0.25, 0.3) is 0 Å². The summed E-state index contributed by atoms with van der Waals surface area (Å²) in [4.78, 5) is 0. The van der Waals surface area contributed by atoms with Gasteiger partial charge in [0.1, 0.15) is 0 Å². The van der Waals surface area contributed by atoms with Gasteiger partial charge in [0, 0.05) is 6.54 Å². The van der Waals surface area contributed by atoms with Crippen LogP contribution < -0.4 is 5.73 Å². The van der Waals surface area contributed by atoms with E-state index in [1.807, 2.05) is 0 Å². The molecule has 0 aliphatic heterocycles. The van der Waals surface area contributed by atoms with Crippen molar-refractivity contribution in [3.8, 4) is 0 Å². The van der Waals surface area contributed by atoms with Gasteiger partial charge in [-0.15, -0.1) is 0 Å². The average molecular weight is 308 g/mol. The first-order valence-electron chi connectivity index (χ1n) is 9.49. The summed E-state index contributed by atoms with van der Waals surface area (Å²) in [6, 6.07) is 0. The van der Waals surface area contributed by atoms with Crippen molar-refractivity contribution in [2.24, 2.45) is 33.8 Å². The van der Waals surface area contributed by atoms with E-state index in [-0.39, 0.29) is 5.41 Å². The highest BCUT2D eigenvalue weighted by Gasteiger charge is 2.53. The van der Waals surface area contributed by atoms with Crippen molar-refractivity contribution >= 4 is 0 Å². The molecule has 1 rings (SSSR count). The summed E-state index contributed by atoms with van der Waals surface area (Å²) >= 11 is 0. The SMILES string of the molecule is C=C(CN)C(C)(CCC)C(C)CC1(C)C(C)CCC1(C)CC. The number of nitrogens with two attached hydrogens (primary N) is 1. The highest BCUT2D eigenvalue weighted by atomic mass is 14.6. The monoisotopic (exact) mass is 307 g/mol. The molecule has 0 spiro atoms. The van der Waals surface area contributed by atoms with Crippen LogP contribution in [0.4, 0.5) is 0 Å². The first-order valence-corrected chi connectivity index (χ1v) is 9.49. The quantitative estimate of drug-likeness (QED) is 0.532. The molecule has 0 amide bonds. The van der Waals surface area contributed by atoms with Crippen molar-refractivity contribution in [2.45, 2.75) is 87.0 Å². The van der Waals surface area contributed by atoms with Crippen LogP contribution in [0.3, 0.4) is 0 Å². The Balaban J connectivity index is 3.06. The van der Waals surface area contributed by atoms with E-state index in [9.17, 15) is 0 Å². The molecule has 130 valence electrons. The summed E-state index contributed by atoms with van der Waals surface area (Å²) in [5, 5.41) is 0. The summed E-state index contributed by atoms with van der Waals surface area (Å²) < 4.78 is 0. The lowest BCUT2D eigenvalue weighted by Gasteiger charge is -2.49. The Bertz CT molecular complexity index is 387. The molecule has 0 saturated heterocycles. The van der Waals surface area contributed by atoms with Gasteiger partial charge in [-0.05, 0) is 53.8 Å². The molecule has 1 nitrogen and oxygen atoms in total. The van der Waals surface area contributed by atoms with Crippen LogP contribution in [0.2, 0.25) is 0 Å². The fraction of sp³-hybridized carbons (Fsp3) is 0.905. The normalized spacial score (nSPS) is 36.1. The molecule has 5 unspecified atom stereocenters. The largest absolute Gasteiger partial charge is 0.327 e. The first-order chi connectivity index (χ1) is 10.1. The molecule has 1 aliphatic rings. The third-order valence-electron chi connectivity index (χ3n) is 8.02. The van der Waals surface area contributed by atoms with Gasteiger partial charge < -0.3 is 5.73 Å². The van der Waals surface area contributed by atoms with Crippen LogP contribution in [-0.2, 0) is 0 Å². The van der Waals surface area contributed by atoms with Gasteiger partial charge in [0.05, 0.1) is 0 Å². The Labute approximate surface area is 140 Å². The highest BCUT2D eigenvalue weighted by Crippen LogP contribution is 2.62. The second kappa shape index (κ2) is 7.07. The third-order valence-corrected chi connectivity index (χ3v) is 8.02. The third kappa shape index (κ3) is 3.16. The van der Waals surface area contributed by atoms with Gasteiger partial charge in [0.15, 0.2) is 0 Å². The maximum absolute atomic E-state index is 5.97. The zero-order valence-electron chi connectivity index (χ0n) is 16.4. The molecule has 2 N–H and O–H groups in total. The van der Waals surface area contributed by atoms with Crippen molar-refractivity contribution in [2.75, 3.05) is 6.54 Å². The molecule has 1 aliphatic carbocycles. The second-order valence-electron chi connectivity index (χ2n) is 8.85. The summed E-state index contributed by atoms with van der Waals surface area (Å²) in [7, 11) is 0. The minimum absolute atomic E-state index is 0.184. The van der Waals surface area contributed by atoms with Gasteiger partial charge in [0.2, 0.25) is 0 Å². The zero-order valence-corrected chi connectivity index (χ0v) is 16.4. The first kappa shape index (κ1) is 19.7. The van der Waals surface area contributed by atoms with Crippen LogP contribution in [-0.4, -0.2) is 6.54 Å². The maximum Gasteiger partial charge on any atom is 0.0139 e. The lowest BCUT2D eigenvalue weighted by Crippen LogP contribution is -2.41. The van der Waals surface area contributed by atoms with Crippen molar-refractivity contribution in [1.82, 2.24) is 0 Å².